The molecule has 286 valence electrons. The first-order valence-corrected chi connectivity index (χ1v) is 19.9. The number of benzene rings is 8. The minimum absolute atomic E-state index is 0.230. The number of hydrogen-bond donors (Lipinski definition) is 2. The Labute approximate surface area is 341 Å². The Morgan fingerprint density at radius 2 is 0.638 bits per heavy atom. The second kappa shape index (κ2) is 17.4. The molecule has 8 aromatic carbocycles. The Morgan fingerprint density at radius 1 is 0.328 bits per heavy atom. The highest BCUT2D eigenvalue weighted by Gasteiger charge is 2.18. The zero-order chi connectivity index (χ0) is 39.8. The highest BCUT2D eigenvalue weighted by molar-refractivity contribution is 5.87. The van der Waals surface area contributed by atoms with Gasteiger partial charge in [-0.2, -0.15) is 0 Å². The van der Waals surface area contributed by atoms with Crippen LogP contribution in [-0.2, 0) is 0 Å². The largest absolute Gasteiger partial charge is 0.507 e. The lowest BCUT2D eigenvalue weighted by Gasteiger charge is -2.17. The standard InChI is InChI=1S/C54H46O4/c1-37-33-47(43-27-23-41(24-28-43)39-15-5-3-6-16-39)53(55)49(35-37)45-19-9-11-21-51(45)57-31-13-14-32-58-52-22-12-10-20-46(52)50-36-38(2)34-48(54(50)56)44-29-25-42(26-30-44)40-17-7-4-8-18-40/h3-12,15-30,33-36,55-56H,13-14,31-32H2,1-2H3. The number of rotatable bonds is 13. The smallest absolute Gasteiger partial charge is 0.131 e. The van der Waals surface area contributed by atoms with Crippen molar-refractivity contribution in [2.24, 2.45) is 0 Å². The van der Waals surface area contributed by atoms with Gasteiger partial charge in [-0.05, 0) is 108 Å². The zero-order valence-electron chi connectivity index (χ0n) is 32.9. The number of phenolic OH excluding ortho intramolecular Hbond substituents is 2. The van der Waals surface area contributed by atoms with E-state index in [0.717, 1.165) is 102 Å². The minimum atomic E-state index is 0.230. The molecule has 0 spiro atoms. The van der Waals surface area contributed by atoms with Crippen molar-refractivity contribution in [3.8, 4) is 89.8 Å². The molecule has 0 bridgehead atoms. The molecule has 2 N–H and O–H groups in total. The van der Waals surface area contributed by atoms with Crippen LogP contribution < -0.4 is 9.47 Å². The van der Waals surface area contributed by atoms with Gasteiger partial charge in [0.15, 0.2) is 0 Å². The number of ether oxygens (including phenoxy) is 2. The van der Waals surface area contributed by atoms with Gasteiger partial charge >= 0.3 is 0 Å². The van der Waals surface area contributed by atoms with Gasteiger partial charge in [0.05, 0.1) is 13.2 Å². The van der Waals surface area contributed by atoms with Gasteiger partial charge in [0.25, 0.3) is 0 Å². The average molecular weight is 759 g/mol. The maximum atomic E-state index is 11.7. The maximum Gasteiger partial charge on any atom is 0.131 e. The molecule has 0 unspecified atom stereocenters. The molecular weight excluding hydrogens is 713 g/mol. The van der Waals surface area contributed by atoms with E-state index in [1.165, 1.54) is 0 Å². The predicted octanol–water partition coefficient (Wildman–Crippen LogP) is 14.0. The first kappa shape index (κ1) is 37.9. The van der Waals surface area contributed by atoms with Gasteiger partial charge in [0.2, 0.25) is 0 Å². The van der Waals surface area contributed by atoms with Crippen molar-refractivity contribution in [1.29, 1.82) is 0 Å². The Kier molecular flexibility index (Phi) is 11.4. The lowest BCUT2D eigenvalue weighted by atomic mass is 9.93. The summed E-state index contributed by atoms with van der Waals surface area (Å²) in [5, 5.41) is 23.3. The van der Waals surface area contributed by atoms with Crippen LogP contribution in [0.4, 0.5) is 0 Å². The SMILES string of the molecule is Cc1cc(-c2ccc(-c3ccccc3)cc2)c(O)c(-c2ccccc2OCCCCOc2ccccc2-c2cc(C)cc(-c3ccc(-c4ccccc4)cc3)c2O)c1. The fraction of sp³-hybridized carbons (Fsp3) is 0.111. The molecule has 8 rings (SSSR count). The van der Waals surface area contributed by atoms with E-state index < -0.39 is 0 Å². The highest BCUT2D eigenvalue weighted by Crippen LogP contribution is 2.44. The maximum absolute atomic E-state index is 11.7. The lowest BCUT2D eigenvalue weighted by molar-refractivity contribution is 0.267. The molecular formula is C54H46O4. The van der Waals surface area contributed by atoms with Gasteiger partial charge in [0, 0.05) is 33.4 Å². The summed E-state index contributed by atoms with van der Waals surface area (Å²) in [6.45, 7) is 5.09. The van der Waals surface area contributed by atoms with Crippen LogP contribution in [0.15, 0.2) is 182 Å². The van der Waals surface area contributed by atoms with Crippen LogP contribution in [0.2, 0.25) is 0 Å². The summed E-state index contributed by atoms with van der Waals surface area (Å²) in [4.78, 5) is 0. The van der Waals surface area contributed by atoms with Crippen LogP contribution >= 0.6 is 0 Å². The molecule has 0 heterocycles. The fourth-order valence-electron chi connectivity index (χ4n) is 7.55. The van der Waals surface area contributed by atoms with E-state index in [0.29, 0.717) is 13.2 Å². The summed E-state index contributed by atoms with van der Waals surface area (Å²) in [6, 6.07) is 61.1. The van der Waals surface area contributed by atoms with Crippen molar-refractivity contribution in [3.05, 3.63) is 193 Å². The molecule has 0 radical (unpaired) electrons. The van der Waals surface area contributed by atoms with Crippen LogP contribution in [0, 0.1) is 13.8 Å². The van der Waals surface area contributed by atoms with Crippen molar-refractivity contribution in [2.45, 2.75) is 26.7 Å². The van der Waals surface area contributed by atoms with Crippen LogP contribution in [0.25, 0.3) is 66.8 Å². The normalized spacial score (nSPS) is 11.0. The third-order valence-electron chi connectivity index (χ3n) is 10.5. The molecule has 4 heteroatoms. The molecule has 0 aliphatic carbocycles. The van der Waals surface area contributed by atoms with E-state index in [1.807, 2.05) is 109 Å². The number of hydrogen-bond acceptors (Lipinski definition) is 4. The monoisotopic (exact) mass is 758 g/mol. The molecule has 0 fully saturated rings. The molecule has 0 atom stereocenters. The van der Waals surface area contributed by atoms with Crippen LogP contribution in [-0.4, -0.2) is 23.4 Å². The van der Waals surface area contributed by atoms with Crippen molar-refractivity contribution >= 4 is 0 Å². The molecule has 8 aromatic rings. The van der Waals surface area contributed by atoms with Gasteiger partial charge in [-0.25, -0.2) is 0 Å². The van der Waals surface area contributed by atoms with Gasteiger partial charge in [-0.15, -0.1) is 0 Å². The van der Waals surface area contributed by atoms with Crippen molar-refractivity contribution < 1.29 is 19.7 Å². The first-order valence-electron chi connectivity index (χ1n) is 19.9. The van der Waals surface area contributed by atoms with Crippen molar-refractivity contribution in [3.63, 3.8) is 0 Å². The Morgan fingerprint density at radius 3 is 1.03 bits per heavy atom. The van der Waals surface area contributed by atoms with Crippen molar-refractivity contribution in [1.82, 2.24) is 0 Å². The van der Waals surface area contributed by atoms with E-state index in [2.05, 4.69) is 86.6 Å². The summed E-state index contributed by atoms with van der Waals surface area (Å²) in [7, 11) is 0. The van der Waals surface area contributed by atoms with Gasteiger partial charge in [0.1, 0.15) is 23.0 Å². The highest BCUT2D eigenvalue weighted by atomic mass is 16.5. The first-order chi connectivity index (χ1) is 28.4. The van der Waals surface area contributed by atoms with E-state index in [-0.39, 0.29) is 11.5 Å². The molecule has 0 saturated heterocycles. The average Bonchev–Trinajstić information content (AvgIpc) is 3.27. The second-order valence-electron chi connectivity index (χ2n) is 14.7. The van der Waals surface area contributed by atoms with E-state index >= 15 is 0 Å². The van der Waals surface area contributed by atoms with Crippen LogP contribution in [0.1, 0.15) is 24.0 Å². The lowest BCUT2D eigenvalue weighted by Crippen LogP contribution is -2.04. The van der Waals surface area contributed by atoms with Crippen molar-refractivity contribution in [2.75, 3.05) is 13.2 Å². The number of phenols is 2. The van der Waals surface area contributed by atoms with E-state index in [9.17, 15) is 10.2 Å². The molecule has 0 saturated carbocycles. The number of aromatic hydroxyl groups is 2. The van der Waals surface area contributed by atoms with Gasteiger partial charge in [-0.1, -0.05) is 146 Å². The Balaban J connectivity index is 0.922. The summed E-state index contributed by atoms with van der Waals surface area (Å²) >= 11 is 0. The topological polar surface area (TPSA) is 58.9 Å². The predicted molar refractivity (Wildman–Crippen MR) is 239 cm³/mol. The molecule has 4 nitrogen and oxygen atoms in total. The summed E-state index contributed by atoms with van der Waals surface area (Å²) in [6.07, 6.45) is 1.54. The number of para-hydroxylation sites is 2. The number of aryl methyl sites for hydroxylation is 2. The molecule has 0 aromatic heterocycles. The van der Waals surface area contributed by atoms with E-state index in [4.69, 9.17) is 9.47 Å². The second-order valence-corrected chi connectivity index (χ2v) is 14.7. The molecule has 0 amide bonds. The fourth-order valence-corrected chi connectivity index (χ4v) is 7.55. The zero-order valence-corrected chi connectivity index (χ0v) is 32.9. The van der Waals surface area contributed by atoms with Gasteiger partial charge < -0.3 is 19.7 Å². The molecule has 0 aliphatic heterocycles. The minimum Gasteiger partial charge on any atom is -0.507 e. The number of unbranched alkanes of at least 4 members (excludes halogenated alkanes) is 1. The van der Waals surface area contributed by atoms with Gasteiger partial charge in [-0.3, -0.25) is 0 Å². The molecule has 0 aliphatic rings. The van der Waals surface area contributed by atoms with E-state index in [1.54, 1.807) is 0 Å². The van der Waals surface area contributed by atoms with Crippen LogP contribution in [0.5, 0.6) is 23.0 Å². The van der Waals surface area contributed by atoms with Crippen LogP contribution in [0.3, 0.4) is 0 Å². The Bertz CT molecular complexity index is 2440. The quantitative estimate of drug-likeness (QED) is 0.115. The summed E-state index contributed by atoms with van der Waals surface area (Å²) < 4.78 is 12.7. The summed E-state index contributed by atoms with van der Waals surface area (Å²) in [5.41, 5.74) is 13.3. The summed E-state index contributed by atoms with van der Waals surface area (Å²) in [5.74, 6) is 1.91. The molecule has 58 heavy (non-hydrogen) atoms. The third kappa shape index (κ3) is 8.37. The third-order valence-corrected chi connectivity index (χ3v) is 10.5. The Hall–Kier alpha value is -7.04.